The Labute approximate surface area is 174 Å². The summed E-state index contributed by atoms with van der Waals surface area (Å²) in [6.45, 7) is 8.92. The zero-order valence-corrected chi connectivity index (χ0v) is 17.4. The second kappa shape index (κ2) is 9.92. The van der Waals surface area contributed by atoms with E-state index in [1.165, 1.54) is 64.0 Å². The number of hydrogen-bond acceptors (Lipinski definition) is 5. The summed E-state index contributed by atoms with van der Waals surface area (Å²) in [7, 11) is 0. The van der Waals surface area contributed by atoms with Gasteiger partial charge in [0.1, 0.15) is 5.75 Å². The number of benzene rings is 1. The van der Waals surface area contributed by atoms with Crippen molar-refractivity contribution < 1.29 is 14.3 Å². The summed E-state index contributed by atoms with van der Waals surface area (Å²) in [6, 6.07) is 7.97. The lowest BCUT2D eigenvalue weighted by molar-refractivity contribution is -0.119. The highest BCUT2D eigenvalue weighted by atomic mass is 16.5. The van der Waals surface area contributed by atoms with Crippen LogP contribution in [0.2, 0.25) is 0 Å². The maximum absolute atomic E-state index is 10.8. The SMILES string of the molecule is NC(=O)COc1ccc(CN2C[C@@H]3[C@H](COCCCN4CCCCC4)[C@@H]3C2)cc1. The van der Waals surface area contributed by atoms with Crippen molar-refractivity contribution in [3.05, 3.63) is 29.8 Å². The van der Waals surface area contributed by atoms with Gasteiger partial charge in [-0.1, -0.05) is 18.6 Å². The normalized spacial score (nSPS) is 27.0. The molecular formula is C23H35N3O3. The van der Waals surface area contributed by atoms with Crippen molar-refractivity contribution in [1.29, 1.82) is 0 Å². The molecule has 0 radical (unpaired) electrons. The summed E-state index contributed by atoms with van der Waals surface area (Å²) >= 11 is 0. The third-order valence-electron chi connectivity index (χ3n) is 6.68. The molecule has 2 aliphatic heterocycles. The minimum Gasteiger partial charge on any atom is -0.484 e. The molecule has 2 saturated heterocycles. The van der Waals surface area contributed by atoms with Gasteiger partial charge in [0.15, 0.2) is 6.61 Å². The van der Waals surface area contributed by atoms with E-state index in [-0.39, 0.29) is 6.61 Å². The van der Waals surface area contributed by atoms with Gasteiger partial charge in [0.2, 0.25) is 0 Å². The molecule has 0 bridgehead atoms. The first kappa shape index (κ1) is 20.6. The average Bonchev–Trinajstić information content (AvgIpc) is 3.18. The summed E-state index contributed by atoms with van der Waals surface area (Å²) in [5, 5.41) is 0. The number of nitrogens with zero attached hydrogens (tertiary/aromatic N) is 2. The van der Waals surface area contributed by atoms with Crippen LogP contribution in [-0.4, -0.2) is 68.3 Å². The van der Waals surface area contributed by atoms with Crippen LogP contribution in [0.4, 0.5) is 0 Å². The number of piperidine rings is 2. The first-order valence-corrected chi connectivity index (χ1v) is 11.2. The zero-order valence-electron chi connectivity index (χ0n) is 17.4. The number of amides is 1. The molecular weight excluding hydrogens is 366 g/mol. The predicted molar refractivity (Wildman–Crippen MR) is 113 cm³/mol. The van der Waals surface area contributed by atoms with Gasteiger partial charge in [0.05, 0.1) is 6.61 Å². The van der Waals surface area contributed by atoms with Crippen LogP contribution in [-0.2, 0) is 16.1 Å². The van der Waals surface area contributed by atoms with Crippen LogP contribution in [0.25, 0.3) is 0 Å². The molecule has 0 unspecified atom stereocenters. The number of likely N-dealkylation sites (tertiary alicyclic amines) is 2. The Kier molecular flexibility index (Phi) is 7.06. The summed E-state index contributed by atoms with van der Waals surface area (Å²) in [6.07, 6.45) is 5.32. The van der Waals surface area contributed by atoms with Gasteiger partial charge in [-0.2, -0.15) is 0 Å². The molecule has 2 heterocycles. The van der Waals surface area contributed by atoms with Crippen molar-refractivity contribution in [2.24, 2.45) is 23.5 Å². The van der Waals surface area contributed by atoms with E-state index < -0.39 is 5.91 Å². The highest BCUT2D eigenvalue weighted by Gasteiger charge is 2.55. The Hall–Kier alpha value is -1.63. The quantitative estimate of drug-likeness (QED) is 0.575. The molecule has 1 aliphatic carbocycles. The highest BCUT2D eigenvalue weighted by Crippen LogP contribution is 2.52. The third-order valence-corrected chi connectivity index (χ3v) is 6.68. The molecule has 4 rings (SSSR count). The van der Waals surface area contributed by atoms with Crippen LogP contribution in [0.15, 0.2) is 24.3 Å². The second-order valence-electron chi connectivity index (χ2n) is 8.92. The number of fused-ring (bicyclic) bond motifs is 1. The van der Waals surface area contributed by atoms with Gasteiger partial charge in [-0.25, -0.2) is 0 Å². The molecule has 1 aromatic carbocycles. The van der Waals surface area contributed by atoms with Gasteiger partial charge in [-0.05, 0) is 67.8 Å². The Bertz CT molecular complexity index is 648. The van der Waals surface area contributed by atoms with Gasteiger partial charge in [0, 0.05) is 32.8 Å². The molecule has 0 aromatic heterocycles. The summed E-state index contributed by atoms with van der Waals surface area (Å²) < 4.78 is 11.3. The lowest BCUT2D eigenvalue weighted by atomic mass is 10.1. The van der Waals surface area contributed by atoms with Crippen molar-refractivity contribution in [3.63, 3.8) is 0 Å². The lowest BCUT2D eigenvalue weighted by Gasteiger charge is -2.26. The summed E-state index contributed by atoms with van der Waals surface area (Å²) in [5.41, 5.74) is 6.38. The number of carbonyl (C=O) groups excluding carboxylic acids is 1. The molecule has 6 heteroatoms. The Morgan fingerprint density at radius 2 is 1.76 bits per heavy atom. The van der Waals surface area contributed by atoms with E-state index in [1.807, 2.05) is 12.1 Å². The Morgan fingerprint density at radius 1 is 1.03 bits per heavy atom. The maximum Gasteiger partial charge on any atom is 0.255 e. The van der Waals surface area contributed by atoms with Gasteiger partial charge >= 0.3 is 0 Å². The van der Waals surface area contributed by atoms with Gasteiger partial charge in [0.25, 0.3) is 5.91 Å². The van der Waals surface area contributed by atoms with Crippen molar-refractivity contribution in [2.45, 2.75) is 32.2 Å². The second-order valence-corrected chi connectivity index (χ2v) is 8.92. The molecule has 1 saturated carbocycles. The fourth-order valence-electron chi connectivity index (χ4n) is 5.01. The van der Waals surface area contributed by atoms with Crippen LogP contribution in [0.1, 0.15) is 31.2 Å². The molecule has 3 fully saturated rings. The van der Waals surface area contributed by atoms with E-state index in [0.29, 0.717) is 5.75 Å². The Morgan fingerprint density at radius 3 is 2.45 bits per heavy atom. The first-order valence-electron chi connectivity index (χ1n) is 11.2. The van der Waals surface area contributed by atoms with Crippen molar-refractivity contribution in [2.75, 3.05) is 52.5 Å². The van der Waals surface area contributed by atoms with E-state index in [1.54, 1.807) is 0 Å². The molecule has 0 spiro atoms. The van der Waals surface area contributed by atoms with Crippen LogP contribution in [0, 0.1) is 17.8 Å². The molecule has 160 valence electrons. The number of rotatable bonds is 11. The number of carbonyl (C=O) groups is 1. The molecule has 29 heavy (non-hydrogen) atoms. The van der Waals surface area contributed by atoms with Crippen LogP contribution >= 0.6 is 0 Å². The standard InChI is InChI=1S/C23H35N3O3/c24-23(27)17-29-19-7-5-18(6-8-19)13-26-14-20-21(15-26)22(20)16-28-12-4-11-25-9-2-1-3-10-25/h5-8,20-22H,1-4,9-17H2,(H2,24,27)/t20-,21+,22-. The minimum atomic E-state index is -0.453. The summed E-state index contributed by atoms with van der Waals surface area (Å²) in [4.78, 5) is 15.9. The number of ether oxygens (including phenoxy) is 2. The maximum atomic E-state index is 10.8. The van der Waals surface area contributed by atoms with Crippen LogP contribution < -0.4 is 10.5 Å². The third kappa shape index (κ3) is 5.93. The van der Waals surface area contributed by atoms with Gasteiger partial charge in [-0.15, -0.1) is 0 Å². The largest absolute Gasteiger partial charge is 0.484 e. The van der Waals surface area contributed by atoms with E-state index >= 15 is 0 Å². The van der Waals surface area contributed by atoms with Crippen LogP contribution in [0.3, 0.4) is 0 Å². The van der Waals surface area contributed by atoms with Gasteiger partial charge in [-0.3, -0.25) is 9.69 Å². The number of hydrogen-bond donors (Lipinski definition) is 1. The number of nitrogens with two attached hydrogens (primary N) is 1. The summed E-state index contributed by atoms with van der Waals surface area (Å²) in [5.74, 6) is 2.68. The number of primary amides is 1. The average molecular weight is 402 g/mol. The topological polar surface area (TPSA) is 68.0 Å². The van der Waals surface area contributed by atoms with E-state index in [2.05, 4.69) is 21.9 Å². The van der Waals surface area contributed by atoms with E-state index in [4.69, 9.17) is 15.2 Å². The van der Waals surface area contributed by atoms with E-state index in [9.17, 15) is 4.79 Å². The fraction of sp³-hybridized carbons (Fsp3) is 0.696. The molecule has 3 aliphatic rings. The highest BCUT2D eigenvalue weighted by molar-refractivity contribution is 5.75. The lowest BCUT2D eigenvalue weighted by Crippen LogP contribution is -2.31. The fourth-order valence-corrected chi connectivity index (χ4v) is 5.01. The molecule has 1 amide bonds. The minimum absolute atomic E-state index is 0.0729. The van der Waals surface area contributed by atoms with Crippen molar-refractivity contribution in [1.82, 2.24) is 9.80 Å². The van der Waals surface area contributed by atoms with Gasteiger partial charge < -0.3 is 20.1 Å². The van der Waals surface area contributed by atoms with Crippen LogP contribution in [0.5, 0.6) is 5.75 Å². The monoisotopic (exact) mass is 401 g/mol. The van der Waals surface area contributed by atoms with Crippen molar-refractivity contribution >= 4 is 5.91 Å². The van der Waals surface area contributed by atoms with E-state index in [0.717, 1.165) is 37.5 Å². The molecule has 1 aromatic rings. The smallest absolute Gasteiger partial charge is 0.255 e. The predicted octanol–water partition coefficient (Wildman–Crippen LogP) is 2.12. The molecule has 6 nitrogen and oxygen atoms in total. The Balaban J connectivity index is 1.07. The first-order chi connectivity index (χ1) is 14.2. The molecule has 3 atom stereocenters. The van der Waals surface area contributed by atoms with Crippen molar-refractivity contribution in [3.8, 4) is 5.75 Å². The zero-order chi connectivity index (χ0) is 20.1. The molecule has 2 N–H and O–H groups in total.